The molecule has 0 aliphatic heterocycles. The van der Waals surface area contributed by atoms with Crippen LogP contribution in [0.15, 0.2) is 16.8 Å². The number of hydrogen-bond donors (Lipinski definition) is 0. The Balaban J connectivity index is 1.92. The summed E-state index contributed by atoms with van der Waals surface area (Å²) in [6, 6.07) is 4.06. The number of nitriles is 1. The van der Waals surface area contributed by atoms with Crippen LogP contribution in [0.5, 0.6) is 0 Å². The van der Waals surface area contributed by atoms with Gasteiger partial charge in [0.05, 0.1) is 6.07 Å². The summed E-state index contributed by atoms with van der Waals surface area (Å²) in [4.78, 5) is 26.3. The molecule has 0 aromatic carbocycles. The summed E-state index contributed by atoms with van der Waals surface area (Å²) in [7, 11) is 1.73. The molecule has 5 heteroatoms. The Hall–Kier alpha value is -1.67. The first-order chi connectivity index (χ1) is 10.6. The molecule has 1 atom stereocenters. The first-order valence-electron chi connectivity index (χ1n) is 7.83. The first kappa shape index (κ1) is 16.7. The molecule has 2 rings (SSSR count). The van der Waals surface area contributed by atoms with E-state index in [0.29, 0.717) is 6.42 Å². The molecular formula is C17H22N2O2S. The number of rotatable bonds is 6. The second-order valence-corrected chi connectivity index (χ2v) is 6.68. The smallest absolute Gasteiger partial charge is 0.247 e. The van der Waals surface area contributed by atoms with Gasteiger partial charge in [-0.1, -0.05) is 19.3 Å². The van der Waals surface area contributed by atoms with Gasteiger partial charge in [0, 0.05) is 19.5 Å². The number of Topliss-reactive ketones (excluding diaryl/α,β-unsaturated/α-hetero) is 1. The summed E-state index contributed by atoms with van der Waals surface area (Å²) in [6.45, 7) is 0. The maximum absolute atomic E-state index is 12.5. The molecule has 0 radical (unpaired) electrons. The van der Waals surface area contributed by atoms with Gasteiger partial charge >= 0.3 is 0 Å². The Kier molecular flexibility index (Phi) is 6.14. The van der Waals surface area contributed by atoms with E-state index >= 15 is 0 Å². The largest absolute Gasteiger partial charge is 0.341 e. The zero-order valence-corrected chi connectivity index (χ0v) is 13.8. The summed E-state index contributed by atoms with van der Waals surface area (Å²) in [5.41, 5.74) is 1.09. The summed E-state index contributed by atoms with van der Waals surface area (Å²) in [5, 5.41) is 13.2. The van der Waals surface area contributed by atoms with E-state index in [-0.39, 0.29) is 24.2 Å². The van der Waals surface area contributed by atoms with Gasteiger partial charge in [0.25, 0.3) is 0 Å². The van der Waals surface area contributed by atoms with Gasteiger partial charge in [-0.3, -0.25) is 9.59 Å². The highest BCUT2D eigenvalue weighted by Gasteiger charge is 2.32. The Morgan fingerprint density at radius 2 is 2.14 bits per heavy atom. The monoisotopic (exact) mass is 318 g/mol. The van der Waals surface area contributed by atoms with Crippen LogP contribution in [0.25, 0.3) is 0 Å². The van der Waals surface area contributed by atoms with Gasteiger partial charge in [0.1, 0.15) is 0 Å². The summed E-state index contributed by atoms with van der Waals surface area (Å²) in [6.07, 6.45) is 6.24. The number of ketones is 1. The number of amides is 1. The van der Waals surface area contributed by atoms with Crippen molar-refractivity contribution < 1.29 is 9.59 Å². The van der Waals surface area contributed by atoms with Crippen LogP contribution in [-0.4, -0.2) is 29.7 Å². The maximum atomic E-state index is 12.5. The quantitative estimate of drug-likeness (QED) is 0.757. The van der Waals surface area contributed by atoms with Crippen LogP contribution in [0, 0.1) is 17.2 Å². The third-order valence-electron chi connectivity index (χ3n) is 4.41. The van der Waals surface area contributed by atoms with Crippen molar-refractivity contribution in [2.45, 2.75) is 51.0 Å². The number of carbonyl (C=O) groups excluding carboxylic acids is 2. The third kappa shape index (κ3) is 4.17. The molecular weight excluding hydrogens is 296 g/mol. The molecule has 1 heterocycles. The first-order valence-corrected chi connectivity index (χ1v) is 8.78. The molecule has 1 aromatic heterocycles. The molecule has 1 aromatic rings. The van der Waals surface area contributed by atoms with Crippen LogP contribution in [0.1, 0.15) is 44.1 Å². The van der Waals surface area contributed by atoms with E-state index in [9.17, 15) is 14.9 Å². The number of hydrogen-bond acceptors (Lipinski definition) is 4. The van der Waals surface area contributed by atoms with E-state index < -0.39 is 5.92 Å². The topological polar surface area (TPSA) is 61.2 Å². The predicted molar refractivity (Wildman–Crippen MR) is 86.4 cm³/mol. The highest BCUT2D eigenvalue weighted by atomic mass is 32.1. The standard InChI is InChI=1S/C17H22N2O2S/c1-19(14-5-3-2-4-6-14)17(21)15(11-18)16(20)8-7-13-9-10-22-12-13/h9-10,12,14-15H,2-8H2,1H3. The van der Waals surface area contributed by atoms with Crippen LogP contribution < -0.4 is 0 Å². The minimum atomic E-state index is -1.15. The van der Waals surface area contributed by atoms with Crippen molar-refractivity contribution in [2.75, 3.05) is 7.05 Å². The molecule has 1 saturated carbocycles. The molecule has 1 amide bonds. The fourth-order valence-electron chi connectivity index (χ4n) is 2.96. The van der Waals surface area contributed by atoms with Gasteiger partial charge < -0.3 is 4.90 Å². The van der Waals surface area contributed by atoms with Gasteiger partial charge in [-0.05, 0) is 41.7 Å². The second kappa shape index (κ2) is 8.09. The SMILES string of the molecule is CN(C(=O)C(C#N)C(=O)CCc1ccsc1)C1CCCCC1. The molecule has 1 aliphatic rings. The maximum Gasteiger partial charge on any atom is 0.247 e. The highest BCUT2D eigenvalue weighted by Crippen LogP contribution is 2.23. The summed E-state index contributed by atoms with van der Waals surface area (Å²) in [5.74, 6) is -1.74. The van der Waals surface area contributed by atoms with Crippen molar-refractivity contribution in [3.63, 3.8) is 0 Å². The summed E-state index contributed by atoms with van der Waals surface area (Å²) >= 11 is 1.58. The van der Waals surface area contributed by atoms with Crippen LogP contribution in [-0.2, 0) is 16.0 Å². The molecule has 118 valence electrons. The van der Waals surface area contributed by atoms with Crippen LogP contribution in [0.4, 0.5) is 0 Å². The molecule has 1 aliphatic carbocycles. The Bertz CT molecular complexity index is 542. The van der Waals surface area contributed by atoms with Crippen molar-refractivity contribution >= 4 is 23.0 Å². The molecule has 0 saturated heterocycles. The fourth-order valence-corrected chi connectivity index (χ4v) is 3.67. The second-order valence-electron chi connectivity index (χ2n) is 5.90. The summed E-state index contributed by atoms with van der Waals surface area (Å²) < 4.78 is 0. The van der Waals surface area contributed by atoms with E-state index in [1.54, 1.807) is 23.3 Å². The van der Waals surface area contributed by atoms with Crippen molar-refractivity contribution in [3.8, 4) is 6.07 Å². The van der Waals surface area contributed by atoms with Crippen molar-refractivity contribution in [2.24, 2.45) is 5.92 Å². The van der Waals surface area contributed by atoms with Crippen molar-refractivity contribution in [3.05, 3.63) is 22.4 Å². The Labute approximate surface area is 135 Å². The Morgan fingerprint density at radius 1 is 1.41 bits per heavy atom. The average Bonchev–Trinajstić information content (AvgIpc) is 3.07. The van der Waals surface area contributed by atoms with E-state index in [1.807, 2.05) is 22.9 Å². The normalized spacial score (nSPS) is 16.7. The Morgan fingerprint density at radius 3 is 2.73 bits per heavy atom. The van der Waals surface area contributed by atoms with E-state index in [0.717, 1.165) is 31.2 Å². The number of carbonyl (C=O) groups is 2. The number of thiophene rings is 1. The lowest BCUT2D eigenvalue weighted by molar-refractivity contribution is -0.140. The van der Waals surface area contributed by atoms with Crippen molar-refractivity contribution in [1.82, 2.24) is 4.90 Å². The van der Waals surface area contributed by atoms with Gasteiger partial charge in [0.2, 0.25) is 5.91 Å². The van der Waals surface area contributed by atoms with Crippen LogP contribution in [0.2, 0.25) is 0 Å². The lowest BCUT2D eigenvalue weighted by Crippen LogP contribution is -2.43. The molecule has 1 unspecified atom stereocenters. The van der Waals surface area contributed by atoms with Crippen LogP contribution in [0.3, 0.4) is 0 Å². The molecule has 0 bridgehead atoms. The number of aryl methyl sites for hydroxylation is 1. The third-order valence-corrected chi connectivity index (χ3v) is 5.14. The molecule has 0 N–H and O–H groups in total. The van der Waals surface area contributed by atoms with Crippen LogP contribution >= 0.6 is 11.3 Å². The average molecular weight is 318 g/mol. The van der Waals surface area contributed by atoms with E-state index in [4.69, 9.17) is 0 Å². The minimum absolute atomic E-state index is 0.182. The lowest BCUT2D eigenvalue weighted by atomic mass is 9.92. The molecule has 1 fully saturated rings. The number of nitrogens with zero attached hydrogens (tertiary/aromatic N) is 2. The molecule has 22 heavy (non-hydrogen) atoms. The lowest BCUT2D eigenvalue weighted by Gasteiger charge is -2.32. The van der Waals surface area contributed by atoms with Gasteiger partial charge in [-0.25, -0.2) is 0 Å². The zero-order valence-electron chi connectivity index (χ0n) is 13.0. The van der Waals surface area contributed by atoms with E-state index in [1.165, 1.54) is 6.42 Å². The van der Waals surface area contributed by atoms with E-state index in [2.05, 4.69) is 0 Å². The fraction of sp³-hybridized carbons (Fsp3) is 0.588. The van der Waals surface area contributed by atoms with Crippen molar-refractivity contribution in [1.29, 1.82) is 5.26 Å². The molecule has 4 nitrogen and oxygen atoms in total. The molecule has 0 spiro atoms. The van der Waals surface area contributed by atoms with Gasteiger partial charge in [0.15, 0.2) is 11.7 Å². The highest BCUT2D eigenvalue weighted by molar-refractivity contribution is 7.07. The van der Waals surface area contributed by atoms with Gasteiger partial charge in [-0.2, -0.15) is 16.6 Å². The van der Waals surface area contributed by atoms with Gasteiger partial charge in [-0.15, -0.1) is 0 Å². The minimum Gasteiger partial charge on any atom is -0.341 e. The predicted octanol–water partition coefficient (Wildman–Crippen LogP) is 3.18. The zero-order chi connectivity index (χ0) is 15.9.